The van der Waals surface area contributed by atoms with Crippen LogP contribution in [0, 0.1) is 0 Å². The van der Waals surface area contributed by atoms with Crippen LogP contribution in [-0.2, 0) is 6.54 Å². The van der Waals surface area contributed by atoms with Crippen molar-refractivity contribution in [1.82, 2.24) is 4.98 Å². The van der Waals surface area contributed by atoms with Crippen molar-refractivity contribution in [3.8, 4) is 0 Å². The molecule has 1 heterocycles. The summed E-state index contributed by atoms with van der Waals surface area (Å²) in [6.07, 6.45) is 4.10. The van der Waals surface area contributed by atoms with E-state index in [2.05, 4.69) is 4.98 Å². The smallest absolute Gasteiger partial charge is 0.197 e. The minimum atomic E-state index is 0.482. The van der Waals surface area contributed by atoms with Crippen LogP contribution in [0.5, 0.6) is 0 Å². The fourth-order valence-corrected chi connectivity index (χ4v) is 0.934. The van der Waals surface area contributed by atoms with E-state index in [1.807, 2.05) is 0 Å². The summed E-state index contributed by atoms with van der Waals surface area (Å²) in [6, 6.07) is 0. The molecule has 1 fully saturated rings. The van der Waals surface area contributed by atoms with Crippen molar-refractivity contribution < 1.29 is 4.42 Å². The lowest BCUT2D eigenvalue weighted by Crippen LogP contribution is -1.95. The van der Waals surface area contributed by atoms with Crippen LogP contribution in [0.25, 0.3) is 0 Å². The standard InChI is InChI=1S/C7H10N2O/c8-3-6-4-10-7(9-6)5-1-2-5/h4-5H,1-3,8H2. The molecule has 10 heavy (non-hydrogen) atoms. The maximum Gasteiger partial charge on any atom is 0.197 e. The molecule has 0 aliphatic heterocycles. The molecule has 0 unspecified atom stereocenters. The Bertz CT molecular complexity index is 227. The first-order valence-electron chi connectivity index (χ1n) is 3.54. The molecule has 2 N–H and O–H groups in total. The van der Waals surface area contributed by atoms with E-state index >= 15 is 0 Å². The summed E-state index contributed by atoms with van der Waals surface area (Å²) in [6.45, 7) is 0.482. The van der Waals surface area contributed by atoms with Crippen LogP contribution >= 0.6 is 0 Å². The SMILES string of the molecule is NCc1coc(C2CC2)n1. The fraction of sp³-hybridized carbons (Fsp3) is 0.571. The molecule has 0 bridgehead atoms. The van der Waals surface area contributed by atoms with Crippen LogP contribution in [-0.4, -0.2) is 4.98 Å². The highest BCUT2D eigenvalue weighted by atomic mass is 16.3. The number of oxazole rings is 1. The Morgan fingerprint density at radius 2 is 2.50 bits per heavy atom. The third-order valence-electron chi connectivity index (χ3n) is 1.71. The lowest BCUT2D eigenvalue weighted by atomic mass is 10.4. The molecule has 0 radical (unpaired) electrons. The van der Waals surface area contributed by atoms with Crippen molar-refractivity contribution in [2.45, 2.75) is 25.3 Å². The van der Waals surface area contributed by atoms with Crippen molar-refractivity contribution in [2.24, 2.45) is 5.73 Å². The van der Waals surface area contributed by atoms with Crippen LogP contribution in [0.2, 0.25) is 0 Å². The van der Waals surface area contributed by atoms with Gasteiger partial charge in [0.05, 0.1) is 5.69 Å². The van der Waals surface area contributed by atoms with E-state index in [1.54, 1.807) is 6.26 Å². The lowest BCUT2D eigenvalue weighted by Gasteiger charge is -1.83. The molecule has 1 aromatic rings. The van der Waals surface area contributed by atoms with Gasteiger partial charge >= 0.3 is 0 Å². The van der Waals surface area contributed by atoms with Crippen LogP contribution in [0.1, 0.15) is 30.3 Å². The molecule has 0 atom stereocenters. The van der Waals surface area contributed by atoms with Crippen molar-refractivity contribution >= 4 is 0 Å². The average molecular weight is 138 g/mol. The summed E-state index contributed by atoms with van der Waals surface area (Å²) in [5.74, 6) is 1.47. The molecule has 0 spiro atoms. The van der Waals surface area contributed by atoms with E-state index in [-0.39, 0.29) is 0 Å². The first-order valence-corrected chi connectivity index (χ1v) is 3.54. The van der Waals surface area contributed by atoms with Gasteiger partial charge in [-0.3, -0.25) is 0 Å². The minimum Gasteiger partial charge on any atom is -0.448 e. The van der Waals surface area contributed by atoms with Crippen LogP contribution in [0.15, 0.2) is 10.7 Å². The third kappa shape index (κ3) is 0.926. The topological polar surface area (TPSA) is 52.0 Å². The summed E-state index contributed by atoms with van der Waals surface area (Å²) >= 11 is 0. The van der Waals surface area contributed by atoms with Gasteiger partial charge in [-0.2, -0.15) is 0 Å². The van der Waals surface area contributed by atoms with Crippen molar-refractivity contribution in [3.63, 3.8) is 0 Å². The molecule has 1 aliphatic rings. The quantitative estimate of drug-likeness (QED) is 0.663. The highest BCUT2D eigenvalue weighted by Gasteiger charge is 2.28. The van der Waals surface area contributed by atoms with Crippen LogP contribution in [0.4, 0.5) is 0 Å². The molecule has 0 aromatic carbocycles. The van der Waals surface area contributed by atoms with Crippen LogP contribution < -0.4 is 5.73 Å². The Morgan fingerprint density at radius 3 is 3.00 bits per heavy atom. The molecule has 1 aliphatic carbocycles. The van der Waals surface area contributed by atoms with E-state index in [9.17, 15) is 0 Å². The second-order valence-corrected chi connectivity index (χ2v) is 2.66. The Balaban J connectivity index is 2.19. The van der Waals surface area contributed by atoms with E-state index < -0.39 is 0 Å². The minimum absolute atomic E-state index is 0.482. The van der Waals surface area contributed by atoms with Gasteiger partial charge in [-0.25, -0.2) is 4.98 Å². The first-order chi connectivity index (χ1) is 4.90. The molecule has 3 heteroatoms. The molecule has 0 saturated heterocycles. The fourth-order valence-electron chi connectivity index (χ4n) is 0.934. The predicted molar refractivity (Wildman–Crippen MR) is 36.4 cm³/mol. The molecule has 1 saturated carbocycles. The largest absolute Gasteiger partial charge is 0.448 e. The highest BCUT2D eigenvalue weighted by Crippen LogP contribution is 2.39. The Hall–Kier alpha value is -0.830. The normalized spacial score (nSPS) is 17.7. The van der Waals surface area contributed by atoms with Gasteiger partial charge < -0.3 is 10.2 Å². The second kappa shape index (κ2) is 2.09. The first kappa shape index (κ1) is 5.92. The van der Waals surface area contributed by atoms with Crippen molar-refractivity contribution in [3.05, 3.63) is 17.8 Å². The summed E-state index contributed by atoms with van der Waals surface area (Å²) in [5, 5.41) is 0. The summed E-state index contributed by atoms with van der Waals surface area (Å²) in [7, 11) is 0. The van der Waals surface area contributed by atoms with Gasteiger partial charge in [0.1, 0.15) is 6.26 Å². The summed E-state index contributed by atoms with van der Waals surface area (Å²) < 4.78 is 5.19. The predicted octanol–water partition coefficient (Wildman–Crippen LogP) is 1.01. The van der Waals surface area contributed by atoms with Gasteiger partial charge in [-0.15, -0.1) is 0 Å². The van der Waals surface area contributed by atoms with Crippen molar-refractivity contribution in [1.29, 1.82) is 0 Å². The van der Waals surface area contributed by atoms with E-state index in [0.29, 0.717) is 12.5 Å². The molecular formula is C7H10N2O. The highest BCUT2D eigenvalue weighted by molar-refractivity contribution is 5.05. The molecule has 2 rings (SSSR count). The molecule has 3 nitrogen and oxygen atoms in total. The van der Waals surface area contributed by atoms with Gasteiger partial charge in [0, 0.05) is 12.5 Å². The summed E-state index contributed by atoms with van der Waals surface area (Å²) in [5.41, 5.74) is 6.22. The number of hydrogen-bond donors (Lipinski definition) is 1. The van der Waals surface area contributed by atoms with Gasteiger partial charge in [-0.05, 0) is 12.8 Å². The monoisotopic (exact) mass is 138 g/mol. The Labute approximate surface area is 59.2 Å². The maximum atomic E-state index is 5.36. The molecule has 1 aromatic heterocycles. The van der Waals surface area contributed by atoms with E-state index in [0.717, 1.165) is 11.6 Å². The van der Waals surface area contributed by atoms with Crippen LogP contribution in [0.3, 0.4) is 0 Å². The van der Waals surface area contributed by atoms with Gasteiger partial charge in [0.25, 0.3) is 0 Å². The van der Waals surface area contributed by atoms with Gasteiger partial charge in [0.2, 0.25) is 0 Å². The van der Waals surface area contributed by atoms with E-state index in [4.69, 9.17) is 10.2 Å². The van der Waals surface area contributed by atoms with Gasteiger partial charge in [0.15, 0.2) is 5.89 Å². The molecular weight excluding hydrogens is 128 g/mol. The molecule has 54 valence electrons. The molecule has 0 amide bonds. The number of aromatic nitrogens is 1. The second-order valence-electron chi connectivity index (χ2n) is 2.66. The Kier molecular flexibility index (Phi) is 1.24. The average Bonchev–Trinajstić information content (AvgIpc) is 2.70. The number of nitrogens with two attached hydrogens (primary N) is 1. The summed E-state index contributed by atoms with van der Waals surface area (Å²) in [4.78, 5) is 4.20. The zero-order valence-electron chi connectivity index (χ0n) is 5.71. The third-order valence-corrected chi connectivity index (χ3v) is 1.71. The van der Waals surface area contributed by atoms with Gasteiger partial charge in [-0.1, -0.05) is 0 Å². The van der Waals surface area contributed by atoms with E-state index in [1.165, 1.54) is 12.8 Å². The number of nitrogens with zero attached hydrogens (tertiary/aromatic N) is 1. The number of rotatable bonds is 2. The zero-order chi connectivity index (χ0) is 6.97. The lowest BCUT2D eigenvalue weighted by molar-refractivity contribution is 0.497. The Morgan fingerprint density at radius 1 is 1.70 bits per heavy atom. The maximum absolute atomic E-state index is 5.36. The number of hydrogen-bond acceptors (Lipinski definition) is 3. The van der Waals surface area contributed by atoms with Crippen molar-refractivity contribution in [2.75, 3.05) is 0 Å². The zero-order valence-corrected chi connectivity index (χ0v) is 5.71.